The van der Waals surface area contributed by atoms with Crippen LogP contribution in [0.2, 0.25) is 0 Å². The first-order chi connectivity index (χ1) is 13.7. The molecule has 1 saturated heterocycles. The van der Waals surface area contributed by atoms with E-state index in [4.69, 9.17) is 4.52 Å². The monoisotopic (exact) mass is 377 g/mol. The summed E-state index contributed by atoms with van der Waals surface area (Å²) in [6.07, 6.45) is 4.45. The zero-order valence-electron chi connectivity index (χ0n) is 15.9. The number of aryl methyl sites for hydroxylation is 2. The van der Waals surface area contributed by atoms with Crippen molar-refractivity contribution in [3.8, 4) is 11.5 Å². The predicted octanol–water partition coefficient (Wildman–Crippen LogP) is 2.59. The van der Waals surface area contributed by atoms with Crippen LogP contribution in [0.5, 0.6) is 0 Å². The predicted molar refractivity (Wildman–Crippen MR) is 106 cm³/mol. The largest absolute Gasteiger partial charge is 0.346 e. The second-order valence-corrected chi connectivity index (χ2v) is 7.00. The smallest absolute Gasteiger partial charge is 0.259 e. The number of rotatable bonds is 6. The van der Waals surface area contributed by atoms with Crippen LogP contribution in [0.3, 0.4) is 0 Å². The summed E-state index contributed by atoms with van der Waals surface area (Å²) in [5, 5.41) is 4.08. The number of carbonyl (C=O) groups excluding carboxylic acids is 1. The van der Waals surface area contributed by atoms with E-state index >= 15 is 0 Å². The Morgan fingerprint density at radius 3 is 2.68 bits per heavy atom. The van der Waals surface area contributed by atoms with Crippen molar-refractivity contribution in [1.82, 2.24) is 20.0 Å². The van der Waals surface area contributed by atoms with Crippen LogP contribution >= 0.6 is 0 Å². The van der Waals surface area contributed by atoms with Crippen LogP contribution in [-0.4, -0.2) is 52.6 Å². The van der Waals surface area contributed by atoms with Crippen LogP contribution in [0.15, 0.2) is 53.2 Å². The average molecular weight is 377 g/mol. The number of likely N-dealkylation sites (N-methyl/N-ethyl adjacent to an activating group) is 1. The number of aromatic nitrogens is 3. The first-order valence-electron chi connectivity index (χ1n) is 9.51. The Labute approximate surface area is 164 Å². The highest BCUT2D eigenvalue weighted by Gasteiger charge is 2.22. The highest BCUT2D eigenvalue weighted by molar-refractivity contribution is 5.82. The van der Waals surface area contributed by atoms with E-state index < -0.39 is 0 Å². The van der Waals surface area contributed by atoms with Gasteiger partial charge < -0.3 is 14.3 Å². The lowest BCUT2D eigenvalue weighted by atomic mass is 10.1. The molecule has 0 atom stereocenters. The van der Waals surface area contributed by atoms with Gasteiger partial charge in [-0.3, -0.25) is 4.79 Å². The molecule has 4 rings (SSSR count). The molecule has 144 valence electrons. The summed E-state index contributed by atoms with van der Waals surface area (Å²) in [6, 6.07) is 14.2. The van der Waals surface area contributed by atoms with Crippen LogP contribution < -0.4 is 4.90 Å². The number of hydrogen-bond donors (Lipinski definition) is 0. The average Bonchev–Trinajstić information content (AvgIpc) is 3.20. The molecule has 0 radical (unpaired) electrons. The number of piperazine rings is 1. The van der Waals surface area contributed by atoms with Crippen molar-refractivity contribution < 1.29 is 9.32 Å². The lowest BCUT2D eigenvalue weighted by Gasteiger charge is -2.32. The zero-order chi connectivity index (χ0) is 19.3. The molecule has 1 amide bonds. The van der Waals surface area contributed by atoms with E-state index in [0.29, 0.717) is 24.8 Å². The van der Waals surface area contributed by atoms with Crippen molar-refractivity contribution in [2.24, 2.45) is 0 Å². The Bertz CT molecular complexity index is 923. The summed E-state index contributed by atoms with van der Waals surface area (Å²) in [6.45, 7) is 1.84. The summed E-state index contributed by atoms with van der Waals surface area (Å²) in [5.41, 5.74) is 2.10. The van der Waals surface area contributed by atoms with Gasteiger partial charge in [0.1, 0.15) is 5.82 Å². The Morgan fingerprint density at radius 1 is 1.07 bits per heavy atom. The number of hydrogen-bond acceptors (Lipinski definition) is 6. The summed E-state index contributed by atoms with van der Waals surface area (Å²) in [5.74, 6) is 2.07. The molecular formula is C21H23N5O2. The van der Waals surface area contributed by atoms with Gasteiger partial charge in [-0.15, -0.1) is 0 Å². The third-order valence-corrected chi connectivity index (χ3v) is 4.95. The maximum atomic E-state index is 11.9. The number of pyridine rings is 1. The fourth-order valence-corrected chi connectivity index (χ4v) is 3.22. The molecule has 1 fully saturated rings. The SMILES string of the molecule is CN1CCN(c2ccc(-c3nc(CCCc4ccccc4)no3)cn2)CC1=O. The summed E-state index contributed by atoms with van der Waals surface area (Å²) in [7, 11) is 1.82. The highest BCUT2D eigenvalue weighted by atomic mass is 16.5. The lowest BCUT2D eigenvalue weighted by molar-refractivity contribution is -0.129. The minimum Gasteiger partial charge on any atom is -0.346 e. The van der Waals surface area contributed by atoms with Crippen molar-refractivity contribution in [1.29, 1.82) is 0 Å². The topological polar surface area (TPSA) is 75.4 Å². The van der Waals surface area contributed by atoms with Crippen molar-refractivity contribution >= 4 is 11.7 Å². The van der Waals surface area contributed by atoms with E-state index in [1.54, 1.807) is 11.1 Å². The molecule has 3 heterocycles. The van der Waals surface area contributed by atoms with E-state index in [0.717, 1.165) is 37.2 Å². The Hall–Kier alpha value is -3.22. The second-order valence-electron chi connectivity index (χ2n) is 7.00. The number of nitrogens with zero attached hydrogens (tertiary/aromatic N) is 5. The van der Waals surface area contributed by atoms with E-state index in [1.165, 1.54) is 5.56 Å². The maximum absolute atomic E-state index is 11.9. The minimum absolute atomic E-state index is 0.106. The third kappa shape index (κ3) is 4.19. The van der Waals surface area contributed by atoms with Gasteiger partial charge in [-0.2, -0.15) is 4.98 Å². The number of anilines is 1. The molecule has 2 aromatic heterocycles. The summed E-state index contributed by atoms with van der Waals surface area (Å²) >= 11 is 0. The number of carbonyl (C=O) groups is 1. The molecular weight excluding hydrogens is 354 g/mol. The molecule has 0 unspecified atom stereocenters. The van der Waals surface area contributed by atoms with Crippen LogP contribution in [0.25, 0.3) is 11.5 Å². The van der Waals surface area contributed by atoms with Gasteiger partial charge in [-0.25, -0.2) is 4.98 Å². The van der Waals surface area contributed by atoms with Crippen LogP contribution in [0.1, 0.15) is 17.8 Å². The summed E-state index contributed by atoms with van der Waals surface area (Å²) < 4.78 is 5.39. The molecule has 3 aromatic rings. The molecule has 0 saturated carbocycles. The quantitative estimate of drug-likeness (QED) is 0.657. The highest BCUT2D eigenvalue weighted by Crippen LogP contribution is 2.21. The van der Waals surface area contributed by atoms with Crippen LogP contribution in [0, 0.1) is 0 Å². The van der Waals surface area contributed by atoms with Gasteiger partial charge >= 0.3 is 0 Å². The normalized spacial score (nSPS) is 14.5. The maximum Gasteiger partial charge on any atom is 0.259 e. The Balaban J connectivity index is 1.35. The molecule has 1 aromatic carbocycles. The molecule has 1 aliphatic rings. The molecule has 28 heavy (non-hydrogen) atoms. The molecule has 0 N–H and O–H groups in total. The third-order valence-electron chi connectivity index (χ3n) is 4.95. The zero-order valence-corrected chi connectivity index (χ0v) is 15.9. The van der Waals surface area contributed by atoms with Gasteiger partial charge in [0.05, 0.1) is 12.1 Å². The standard InChI is InChI=1S/C21H23N5O2/c1-25-12-13-26(15-20(25)27)19-11-10-17(14-22-19)21-23-18(24-28-21)9-5-8-16-6-3-2-4-7-16/h2-4,6-7,10-11,14H,5,8-9,12-13,15H2,1H3. The van der Waals surface area contributed by atoms with Crippen molar-refractivity contribution in [3.63, 3.8) is 0 Å². The van der Waals surface area contributed by atoms with E-state index in [9.17, 15) is 4.79 Å². The van der Waals surface area contributed by atoms with E-state index in [1.807, 2.05) is 30.1 Å². The van der Waals surface area contributed by atoms with Crippen molar-refractivity contribution in [3.05, 3.63) is 60.0 Å². The fraction of sp³-hybridized carbons (Fsp3) is 0.333. The lowest BCUT2D eigenvalue weighted by Crippen LogP contribution is -2.48. The number of amides is 1. The van der Waals surface area contributed by atoms with Gasteiger partial charge in [-0.1, -0.05) is 35.5 Å². The second kappa shape index (κ2) is 8.21. The first kappa shape index (κ1) is 18.2. The van der Waals surface area contributed by atoms with Crippen LogP contribution in [0.4, 0.5) is 5.82 Å². The van der Waals surface area contributed by atoms with Gasteiger partial charge in [0.25, 0.3) is 5.89 Å². The molecule has 7 nitrogen and oxygen atoms in total. The molecule has 7 heteroatoms. The van der Waals surface area contributed by atoms with Gasteiger partial charge in [0, 0.05) is 32.8 Å². The molecule has 0 aliphatic carbocycles. The van der Waals surface area contributed by atoms with Crippen molar-refractivity contribution in [2.75, 3.05) is 31.6 Å². The summed E-state index contributed by atoms with van der Waals surface area (Å²) in [4.78, 5) is 24.5. The van der Waals surface area contributed by atoms with E-state index in [-0.39, 0.29) is 5.91 Å². The van der Waals surface area contributed by atoms with Gasteiger partial charge in [0.2, 0.25) is 5.91 Å². The molecule has 0 bridgehead atoms. The molecule has 1 aliphatic heterocycles. The minimum atomic E-state index is 0.106. The van der Waals surface area contributed by atoms with Crippen LogP contribution in [-0.2, 0) is 17.6 Å². The van der Waals surface area contributed by atoms with Gasteiger partial charge in [0.15, 0.2) is 5.82 Å². The first-order valence-corrected chi connectivity index (χ1v) is 9.51. The number of benzene rings is 1. The molecule has 0 spiro atoms. The Morgan fingerprint density at radius 2 is 1.93 bits per heavy atom. The van der Waals surface area contributed by atoms with Crippen molar-refractivity contribution in [2.45, 2.75) is 19.3 Å². The fourth-order valence-electron chi connectivity index (χ4n) is 3.22. The van der Waals surface area contributed by atoms with Gasteiger partial charge in [-0.05, 0) is 30.5 Å². The van der Waals surface area contributed by atoms with E-state index in [2.05, 4.69) is 39.4 Å². The Kier molecular flexibility index (Phi) is 5.32.